The highest BCUT2D eigenvalue weighted by Gasteiger charge is 2.30. The number of piperazine rings is 1. The number of benzene rings is 3. The van der Waals surface area contributed by atoms with E-state index in [-0.39, 0.29) is 0 Å². The van der Waals surface area contributed by atoms with Gasteiger partial charge in [0, 0.05) is 37.6 Å². The van der Waals surface area contributed by atoms with Gasteiger partial charge in [-0.3, -0.25) is 0 Å². The van der Waals surface area contributed by atoms with Crippen molar-refractivity contribution in [1.29, 1.82) is 0 Å². The number of anilines is 2. The molecule has 8 heteroatoms. The molecule has 7 nitrogen and oxygen atoms in total. The van der Waals surface area contributed by atoms with E-state index in [0.717, 1.165) is 27.5 Å². The van der Waals surface area contributed by atoms with E-state index in [4.69, 9.17) is 9.97 Å². The Hall–Kier alpha value is -3.23. The summed E-state index contributed by atoms with van der Waals surface area (Å²) < 4.78 is 28.3. The Morgan fingerprint density at radius 2 is 1.51 bits per heavy atom. The Morgan fingerprint density at radius 3 is 2.31 bits per heavy atom. The zero-order valence-corrected chi connectivity index (χ0v) is 20.4. The predicted octanol–water partition coefficient (Wildman–Crippen LogP) is 4.65. The maximum Gasteiger partial charge on any atom is 0.243 e. The van der Waals surface area contributed by atoms with Crippen molar-refractivity contribution in [2.45, 2.75) is 36.6 Å². The van der Waals surface area contributed by atoms with E-state index in [9.17, 15) is 8.42 Å². The normalized spacial score (nSPS) is 17.9. The quantitative estimate of drug-likeness (QED) is 0.442. The fourth-order valence-electron chi connectivity index (χ4n) is 5.18. The van der Waals surface area contributed by atoms with E-state index >= 15 is 0 Å². The lowest BCUT2D eigenvalue weighted by atomic mass is 10.1. The summed E-state index contributed by atoms with van der Waals surface area (Å²) in [7, 11) is -3.56. The number of hydrogen-bond donors (Lipinski definition) is 1. The summed E-state index contributed by atoms with van der Waals surface area (Å²) >= 11 is 0. The van der Waals surface area contributed by atoms with Crippen molar-refractivity contribution in [3.63, 3.8) is 0 Å². The highest BCUT2D eigenvalue weighted by Crippen LogP contribution is 2.29. The van der Waals surface area contributed by atoms with E-state index in [1.807, 2.05) is 48.5 Å². The van der Waals surface area contributed by atoms with Gasteiger partial charge in [-0.25, -0.2) is 13.4 Å². The second-order valence-electron chi connectivity index (χ2n) is 9.42. The van der Waals surface area contributed by atoms with Gasteiger partial charge in [-0.1, -0.05) is 55.3 Å². The van der Waals surface area contributed by atoms with E-state index in [1.54, 1.807) is 16.4 Å². The van der Waals surface area contributed by atoms with Gasteiger partial charge in [-0.15, -0.1) is 0 Å². The second kappa shape index (κ2) is 9.09. The lowest BCUT2D eigenvalue weighted by Gasteiger charge is -2.34. The van der Waals surface area contributed by atoms with Gasteiger partial charge < -0.3 is 10.2 Å². The minimum Gasteiger partial charge on any atom is -0.367 e. The molecule has 0 spiro atoms. The van der Waals surface area contributed by atoms with Gasteiger partial charge in [0.2, 0.25) is 16.0 Å². The lowest BCUT2D eigenvalue weighted by Crippen LogP contribution is -2.49. The predicted molar refractivity (Wildman–Crippen MR) is 140 cm³/mol. The Labute approximate surface area is 205 Å². The molecule has 2 aliphatic rings. The van der Waals surface area contributed by atoms with Gasteiger partial charge in [-0.2, -0.15) is 9.29 Å². The molecule has 0 amide bonds. The van der Waals surface area contributed by atoms with Gasteiger partial charge in [-0.05, 0) is 47.9 Å². The van der Waals surface area contributed by atoms with Crippen molar-refractivity contribution < 1.29 is 8.42 Å². The summed E-state index contributed by atoms with van der Waals surface area (Å²) in [5, 5.41) is 6.64. The van der Waals surface area contributed by atoms with Crippen LogP contribution in [0.15, 0.2) is 71.6 Å². The first-order valence-corrected chi connectivity index (χ1v) is 13.8. The van der Waals surface area contributed by atoms with Crippen LogP contribution in [0.4, 0.5) is 11.8 Å². The van der Waals surface area contributed by atoms with Gasteiger partial charge in [0.15, 0.2) is 0 Å². The SMILES string of the molecule is O=S(=O)(c1ccc2ccccc2c1)N1CCN(c2nc(NC3CCCC3)c3ccccc3n2)CC1. The number of nitrogens with one attached hydrogen (secondary N) is 1. The van der Waals surface area contributed by atoms with Crippen LogP contribution in [-0.4, -0.2) is 54.9 Å². The molecule has 1 aliphatic heterocycles. The van der Waals surface area contributed by atoms with Crippen LogP contribution in [0.1, 0.15) is 25.7 Å². The first-order valence-electron chi connectivity index (χ1n) is 12.4. The van der Waals surface area contributed by atoms with Crippen LogP contribution in [0, 0.1) is 0 Å². The fraction of sp³-hybridized carbons (Fsp3) is 0.333. The van der Waals surface area contributed by atoms with Crippen molar-refractivity contribution >= 4 is 43.5 Å². The molecule has 0 radical (unpaired) electrons. The molecule has 3 aromatic carbocycles. The van der Waals surface area contributed by atoms with Gasteiger partial charge in [0.25, 0.3) is 0 Å². The number of rotatable bonds is 5. The number of aromatic nitrogens is 2. The standard InChI is InChI=1S/C27H29N5O2S/c33-35(34,23-14-13-20-7-1-2-8-21(20)19-23)32-17-15-31(16-18-32)27-29-25-12-6-5-11-24(25)26(30-27)28-22-9-3-4-10-22/h1-2,5-8,11-14,19,22H,3-4,9-10,15-18H2,(H,28,29,30). The number of hydrogen-bond acceptors (Lipinski definition) is 6. The minimum absolute atomic E-state index is 0.342. The molecule has 6 rings (SSSR count). The summed E-state index contributed by atoms with van der Waals surface area (Å²) in [4.78, 5) is 12.2. The van der Waals surface area contributed by atoms with Crippen molar-refractivity contribution in [1.82, 2.24) is 14.3 Å². The lowest BCUT2D eigenvalue weighted by molar-refractivity contribution is 0.383. The van der Waals surface area contributed by atoms with Crippen LogP contribution >= 0.6 is 0 Å². The van der Waals surface area contributed by atoms with Crippen molar-refractivity contribution in [3.05, 3.63) is 66.7 Å². The molecule has 4 aromatic rings. The highest BCUT2D eigenvalue weighted by molar-refractivity contribution is 7.89. The Kier molecular flexibility index (Phi) is 5.78. The molecule has 35 heavy (non-hydrogen) atoms. The molecule has 1 aromatic heterocycles. The number of nitrogens with zero attached hydrogens (tertiary/aromatic N) is 4. The van der Waals surface area contributed by atoms with E-state index in [0.29, 0.717) is 43.1 Å². The molecule has 0 bridgehead atoms. The van der Waals surface area contributed by atoms with Gasteiger partial charge in [0.05, 0.1) is 10.4 Å². The van der Waals surface area contributed by atoms with Crippen molar-refractivity contribution in [2.24, 2.45) is 0 Å². The summed E-state index contributed by atoms with van der Waals surface area (Å²) in [5.41, 5.74) is 0.907. The number of sulfonamides is 1. The van der Waals surface area contributed by atoms with Crippen LogP contribution in [0.2, 0.25) is 0 Å². The molecule has 2 fully saturated rings. The second-order valence-corrected chi connectivity index (χ2v) is 11.4. The Bertz CT molecular complexity index is 1480. The summed E-state index contributed by atoms with van der Waals surface area (Å²) in [5.74, 6) is 1.54. The van der Waals surface area contributed by atoms with Crippen LogP contribution in [0.5, 0.6) is 0 Å². The van der Waals surface area contributed by atoms with E-state index < -0.39 is 10.0 Å². The fourth-order valence-corrected chi connectivity index (χ4v) is 6.64. The summed E-state index contributed by atoms with van der Waals surface area (Å²) in [6.07, 6.45) is 4.83. The first-order chi connectivity index (χ1) is 17.1. The molecular weight excluding hydrogens is 458 g/mol. The van der Waals surface area contributed by atoms with Crippen LogP contribution in [-0.2, 0) is 10.0 Å². The molecule has 1 N–H and O–H groups in total. The van der Waals surface area contributed by atoms with Crippen molar-refractivity contribution in [2.75, 3.05) is 36.4 Å². The van der Waals surface area contributed by atoms with E-state index in [1.165, 1.54) is 25.7 Å². The zero-order valence-electron chi connectivity index (χ0n) is 19.6. The molecule has 2 heterocycles. The molecule has 1 saturated carbocycles. The minimum atomic E-state index is -3.56. The molecule has 0 unspecified atom stereocenters. The molecule has 0 atom stereocenters. The topological polar surface area (TPSA) is 78.4 Å². The summed E-state index contributed by atoms with van der Waals surface area (Å²) in [6.45, 7) is 1.90. The third-order valence-electron chi connectivity index (χ3n) is 7.17. The average molecular weight is 488 g/mol. The monoisotopic (exact) mass is 487 g/mol. The Balaban J connectivity index is 1.23. The van der Waals surface area contributed by atoms with Gasteiger partial charge >= 0.3 is 0 Å². The van der Waals surface area contributed by atoms with E-state index in [2.05, 4.69) is 16.3 Å². The zero-order chi connectivity index (χ0) is 23.8. The molecule has 180 valence electrons. The first kappa shape index (κ1) is 22.2. The largest absolute Gasteiger partial charge is 0.367 e. The third-order valence-corrected chi connectivity index (χ3v) is 9.06. The molecular formula is C27H29N5O2S. The van der Waals surface area contributed by atoms with Crippen LogP contribution in [0.25, 0.3) is 21.7 Å². The number of fused-ring (bicyclic) bond motifs is 2. The third kappa shape index (κ3) is 4.32. The number of para-hydroxylation sites is 1. The van der Waals surface area contributed by atoms with Gasteiger partial charge in [0.1, 0.15) is 5.82 Å². The summed E-state index contributed by atoms with van der Waals surface area (Å²) in [6, 6.07) is 21.7. The molecule has 1 saturated heterocycles. The maximum absolute atomic E-state index is 13.4. The Morgan fingerprint density at radius 1 is 0.800 bits per heavy atom. The average Bonchev–Trinajstić information content (AvgIpc) is 3.41. The maximum atomic E-state index is 13.4. The highest BCUT2D eigenvalue weighted by atomic mass is 32.2. The van der Waals surface area contributed by atoms with Crippen molar-refractivity contribution in [3.8, 4) is 0 Å². The molecule has 1 aliphatic carbocycles. The smallest absolute Gasteiger partial charge is 0.243 e. The van der Waals surface area contributed by atoms with Crippen LogP contribution < -0.4 is 10.2 Å². The van der Waals surface area contributed by atoms with Crippen LogP contribution in [0.3, 0.4) is 0 Å².